The zero-order chi connectivity index (χ0) is 21.3. The number of rotatable bonds is 5. The maximum Gasteiger partial charge on any atom is 0.266 e. The number of nitrogens with zero attached hydrogens (tertiary/aromatic N) is 1. The van der Waals surface area contributed by atoms with E-state index in [4.69, 9.17) is 21.7 Å². The van der Waals surface area contributed by atoms with E-state index in [1.807, 2.05) is 13.0 Å². The first-order valence-corrected chi connectivity index (χ1v) is 10.4. The summed E-state index contributed by atoms with van der Waals surface area (Å²) in [4.78, 5) is 26.9. The highest BCUT2D eigenvalue weighted by Gasteiger charge is 2.32. The van der Waals surface area contributed by atoms with Crippen molar-refractivity contribution in [2.75, 3.05) is 18.7 Å². The molecule has 154 valence electrons. The standard InChI is InChI=1S/C21H18N2O5S2/c1-12-2-4-14(15(24)8-12)22-19(25)6-7-23-20(26)18(30-21(23)29)10-13-3-5-16-17(9-13)28-11-27-16/h2-5,8-10,24H,6-7,11H2,1H3,(H,22,25)/b18-10-. The van der Waals surface area contributed by atoms with Crippen molar-refractivity contribution in [2.24, 2.45) is 0 Å². The molecule has 0 saturated carbocycles. The fourth-order valence-corrected chi connectivity index (χ4v) is 4.33. The van der Waals surface area contributed by atoms with Crippen molar-refractivity contribution in [2.45, 2.75) is 13.3 Å². The van der Waals surface area contributed by atoms with Crippen LogP contribution in [0.15, 0.2) is 41.3 Å². The zero-order valence-corrected chi connectivity index (χ0v) is 17.6. The highest BCUT2D eigenvalue weighted by Crippen LogP contribution is 2.36. The topological polar surface area (TPSA) is 88.1 Å². The lowest BCUT2D eigenvalue weighted by atomic mass is 10.2. The number of fused-ring (bicyclic) bond motifs is 1. The second-order valence-corrected chi connectivity index (χ2v) is 8.44. The summed E-state index contributed by atoms with van der Waals surface area (Å²) in [5.41, 5.74) is 2.02. The minimum atomic E-state index is -0.317. The fraction of sp³-hybridized carbons (Fsp3) is 0.190. The number of aromatic hydroxyl groups is 1. The molecule has 2 aromatic rings. The van der Waals surface area contributed by atoms with Gasteiger partial charge in [-0.2, -0.15) is 0 Å². The summed E-state index contributed by atoms with van der Waals surface area (Å²) in [5.74, 6) is 0.748. The SMILES string of the molecule is Cc1ccc(NC(=O)CCN2C(=O)/C(=C/c3ccc4c(c3)OCO4)SC2=S)c(O)c1. The molecular formula is C21H18N2O5S2. The van der Waals surface area contributed by atoms with Crippen LogP contribution in [-0.2, 0) is 9.59 Å². The minimum Gasteiger partial charge on any atom is -0.506 e. The Morgan fingerprint density at radius 3 is 2.87 bits per heavy atom. The minimum absolute atomic E-state index is 0.000575. The molecule has 2 N–H and O–H groups in total. The molecular weight excluding hydrogens is 424 g/mol. The van der Waals surface area contributed by atoms with E-state index in [0.717, 1.165) is 11.1 Å². The fourth-order valence-electron chi connectivity index (χ4n) is 3.02. The van der Waals surface area contributed by atoms with E-state index < -0.39 is 0 Å². The molecule has 9 heteroatoms. The molecule has 0 radical (unpaired) electrons. The average molecular weight is 443 g/mol. The molecule has 7 nitrogen and oxygen atoms in total. The number of hydrogen-bond acceptors (Lipinski definition) is 7. The highest BCUT2D eigenvalue weighted by atomic mass is 32.2. The van der Waals surface area contributed by atoms with Gasteiger partial charge in [0.2, 0.25) is 12.7 Å². The van der Waals surface area contributed by atoms with Gasteiger partial charge >= 0.3 is 0 Å². The van der Waals surface area contributed by atoms with Gasteiger partial charge in [0.25, 0.3) is 5.91 Å². The number of benzene rings is 2. The van der Waals surface area contributed by atoms with Crippen LogP contribution in [0.5, 0.6) is 17.2 Å². The second-order valence-electron chi connectivity index (χ2n) is 6.76. The molecule has 1 fully saturated rings. The van der Waals surface area contributed by atoms with Crippen LogP contribution in [0, 0.1) is 6.92 Å². The van der Waals surface area contributed by atoms with Crippen molar-refractivity contribution in [3.05, 3.63) is 52.4 Å². The lowest BCUT2D eigenvalue weighted by Crippen LogP contribution is -2.31. The number of ether oxygens (including phenoxy) is 2. The Balaban J connectivity index is 1.38. The molecule has 0 aromatic heterocycles. The van der Waals surface area contributed by atoms with Crippen LogP contribution in [0.2, 0.25) is 0 Å². The Labute approximate surface area is 182 Å². The van der Waals surface area contributed by atoms with Crippen molar-refractivity contribution in [1.82, 2.24) is 4.90 Å². The first kappa shape index (κ1) is 20.2. The number of aryl methyl sites for hydroxylation is 1. The molecule has 2 amide bonds. The number of phenols is 1. The van der Waals surface area contributed by atoms with Gasteiger partial charge in [0.05, 0.1) is 10.6 Å². The predicted molar refractivity (Wildman–Crippen MR) is 119 cm³/mol. The summed E-state index contributed by atoms with van der Waals surface area (Å²) in [6.07, 6.45) is 1.79. The van der Waals surface area contributed by atoms with Crippen LogP contribution in [0.3, 0.4) is 0 Å². The van der Waals surface area contributed by atoms with Gasteiger partial charge in [-0.3, -0.25) is 14.5 Å². The summed E-state index contributed by atoms with van der Waals surface area (Å²) in [6.45, 7) is 2.18. The number of nitrogens with one attached hydrogen (secondary N) is 1. The Bertz CT molecular complexity index is 1080. The van der Waals surface area contributed by atoms with E-state index in [1.165, 1.54) is 16.7 Å². The van der Waals surface area contributed by atoms with Crippen LogP contribution in [-0.4, -0.2) is 39.5 Å². The molecule has 1 saturated heterocycles. The van der Waals surface area contributed by atoms with Gasteiger partial charge in [-0.25, -0.2) is 0 Å². The molecule has 2 aromatic carbocycles. The van der Waals surface area contributed by atoms with E-state index in [0.29, 0.717) is 26.4 Å². The quantitative estimate of drug-likeness (QED) is 0.415. The lowest BCUT2D eigenvalue weighted by Gasteiger charge is -2.14. The molecule has 4 rings (SSSR count). The Morgan fingerprint density at radius 1 is 1.27 bits per heavy atom. The van der Waals surface area contributed by atoms with Gasteiger partial charge in [-0.1, -0.05) is 36.1 Å². The van der Waals surface area contributed by atoms with Crippen molar-refractivity contribution in [3.8, 4) is 17.2 Å². The van der Waals surface area contributed by atoms with Gasteiger partial charge < -0.3 is 19.9 Å². The molecule has 0 atom stereocenters. The smallest absolute Gasteiger partial charge is 0.266 e. The first-order valence-electron chi connectivity index (χ1n) is 9.15. The summed E-state index contributed by atoms with van der Waals surface area (Å²) < 4.78 is 11.1. The van der Waals surface area contributed by atoms with Crippen molar-refractivity contribution in [3.63, 3.8) is 0 Å². The third-order valence-electron chi connectivity index (χ3n) is 4.56. The predicted octanol–water partition coefficient (Wildman–Crippen LogP) is 3.66. The van der Waals surface area contributed by atoms with Crippen molar-refractivity contribution < 1.29 is 24.2 Å². The Morgan fingerprint density at radius 2 is 2.07 bits per heavy atom. The number of amides is 2. The number of thioether (sulfide) groups is 1. The van der Waals surface area contributed by atoms with E-state index in [9.17, 15) is 14.7 Å². The number of carbonyl (C=O) groups is 2. The maximum atomic E-state index is 12.7. The monoisotopic (exact) mass is 442 g/mol. The molecule has 2 aliphatic heterocycles. The van der Waals surface area contributed by atoms with Crippen LogP contribution in [0.4, 0.5) is 5.69 Å². The summed E-state index contributed by atoms with van der Waals surface area (Å²) in [6, 6.07) is 10.4. The lowest BCUT2D eigenvalue weighted by molar-refractivity contribution is -0.122. The molecule has 30 heavy (non-hydrogen) atoms. The third-order valence-corrected chi connectivity index (χ3v) is 5.94. The maximum absolute atomic E-state index is 12.7. The molecule has 0 bridgehead atoms. The van der Waals surface area contributed by atoms with Gasteiger partial charge in [0.1, 0.15) is 10.1 Å². The third kappa shape index (κ3) is 4.27. The normalized spacial score (nSPS) is 16.4. The van der Waals surface area contributed by atoms with E-state index in [1.54, 1.807) is 36.4 Å². The summed E-state index contributed by atoms with van der Waals surface area (Å²) in [5, 5.41) is 12.6. The Hall–Kier alpha value is -3.04. The van der Waals surface area contributed by atoms with E-state index in [-0.39, 0.29) is 37.3 Å². The van der Waals surface area contributed by atoms with Gasteiger partial charge in [-0.15, -0.1) is 0 Å². The number of thiocarbonyl (C=S) groups is 1. The van der Waals surface area contributed by atoms with Crippen LogP contribution in [0.25, 0.3) is 6.08 Å². The molecule has 0 aliphatic carbocycles. The first-order chi connectivity index (χ1) is 14.4. The summed E-state index contributed by atoms with van der Waals surface area (Å²) >= 11 is 6.51. The number of phenolic OH excluding ortho intramolecular Hbond substituents is 1. The molecule has 0 spiro atoms. The average Bonchev–Trinajstić information content (AvgIpc) is 3.27. The van der Waals surface area contributed by atoms with Crippen LogP contribution in [0.1, 0.15) is 17.5 Å². The van der Waals surface area contributed by atoms with Gasteiger partial charge in [0.15, 0.2) is 11.5 Å². The number of hydrogen-bond donors (Lipinski definition) is 2. The van der Waals surface area contributed by atoms with Crippen LogP contribution >= 0.6 is 24.0 Å². The van der Waals surface area contributed by atoms with Crippen LogP contribution < -0.4 is 14.8 Å². The van der Waals surface area contributed by atoms with E-state index in [2.05, 4.69) is 5.32 Å². The van der Waals surface area contributed by atoms with Crippen molar-refractivity contribution >= 4 is 51.9 Å². The highest BCUT2D eigenvalue weighted by molar-refractivity contribution is 8.26. The van der Waals surface area contributed by atoms with Gasteiger partial charge in [-0.05, 0) is 48.4 Å². The number of carbonyl (C=O) groups excluding carboxylic acids is 2. The second kappa shape index (κ2) is 8.37. The molecule has 2 heterocycles. The summed E-state index contributed by atoms with van der Waals surface area (Å²) in [7, 11) is 0. The van der Waals surface area contributed by atoms with E-state index >= 15 is 0 Å². The van der Waals surface area contributed by atoms with Crippen molar-refractivity contribution in [1.29, 1.82) is 0 Å². The largest absolute Gasteiger partial charge is 0.506 e. The molecule has 0 unspecified atom stereocenters. The van der Waals surface area contributed by atoms with Gasteiger partial charge in [0, 0.05) is 13.0 Å². The zero-order valence-electron chi connectivity index (χ0n) is 16.0. The molecule has 2 aliphatic rings. The Kier molecular flexibility index (Phi) is 5.65. The number of anilines is 1.